The first-order chi connectivity index (χ1) is 11.7. The quantitative estimate of drug-likeness (QED) is 0.804. The van der Waals surface area contributed by atoms with E-state index in [-0.39, 0.29) is 17.9 Å². The van der Waals surface area contributed by atoms with Gasteiger partial charge in [0.05, 0.1) is 12.6 Å². The number of aromatic nitrogens is 4. The molecule has 1 saturated heterocycles. The Labute approximate surface area is 141 Å². The van der Waals surface area contributed by atoms with Crippen molar-refractivity contribution < 1.29 is 9.59 Å². The van der Waals surface area contributed by atoms with E-state index in [0.717, 1.165) is 19.4 Å². The SMILES string of the molecule is O=C(CCn1cnnn1)N[C@H]1CN(C(=O)C2CCC2)C[C@@H]1C1CC1. The summed E-state index contributed by atoms with van der Waals surface area (Å²) < 4.78 is 1.55. The van der Waals surface area contributed by atoms with Crippen molar-refractivity contribution in [2.75, 3.05) is 13.1 Å². The zero-order valence-corrected chi connectivity index (χ0v) is 13.8. The van der Waals surface area contributed by atoms with Gasteiger partial charge < -0.3 is 10.2 Å². The maximum Gasteiger partial charge on any atom is 0.225 e. The molecule has 0 spiro atoms. The van der Waals surface area contributed by atoms with Crippen LogP contribution in [0.25, 0.3) is 0 Å². The molecular weight excluding hydrogens is 308 g/mol. The summed E-state index contributed by atoms with van der Waals surface area (Å²) >= 11 is 0. The highest BCUT2D eigenvalue weighted by atomic mass is 16.2. The van der Waals surface area contributed by atoms with Crippen LogP contribution in [0, 0.1) is 17.8 Å². The van der Waals surface area contributed by atoms with E-state index in [1.165, 1.54) is 25.6 Å². The van der Waals surface area contributed by atoms with Gasteiger partial charge in [-0.05, 0) is 42.0 Å². The third-order valence-corrected chi connectivity index (χ3v) is 5.66. The molecule has 0 aromatic carbocycles. The van der Waals surface area contributed by atoms with Crippen molar-refractivity contribution in [3.63, 3.8) is 0 Å². The van der Waals surface area contributed by atoms with Crippen molar-refractivity contribution in [1.82, 2.24) is 30.4 Å². The summed E-state index contributed by atoms with van der Waals surface area (Å²) in [4.78, 5) is 26.8. The average Bonchev–Trinajstić information content (AvgIpc) is 3.06. The van der Waals surface area contributed by atoms with Crippen molar-refractivity contribution in [3.05, 3.63) is 6.33 Å². The summed E-state index contributed by atoms with van der Waals surface area (Å²) in [6.45, 7) is 1.97. The molecule has 1 aliphatic heterocycles. The fraction of sp³-hybridized carbons (Fsp3) is 0.812. The number of hydrogen-bond donors (Lipinski definition) is 1. The molecule has 1 N–H and O–H groups in total. The minimum Gasteiger partial charge on any atom is -0.351 e. The predicted molar refractivity (Wildman–Crippen MR) is 84.5 cm³/mol. The Morgan fingerprint density at radius 3 is 2.62 bits per heavy atom. The lowest BCUT2D eigenvalue weighted by Crippen LogP contribution is -2.43. The number of carbonyl (C=O) groups is 2. The molecule has 2 heterocycles. The molecule has 3 fully saturated rings. The minimum atomic E-state index is 0.0130. The topological polar surface area (TPSA) is 93.0 Å². The van der Waals surface area contributed by atoms with Crippen molar-refractivity contribution in [3.8, 4) is 0 Å². The minimum absolute atomic E-state index is 0.0130. The molecule has 0 radical (unpaired) electrons. The number of hydrogen-bond acceptors (Lipinski definition) is 5. The van der Waals surface area contributed by atoms with Crippen LogP contribution in [0.2, 0.25) is 0 Å². The largest absolute Gasteiger partial charge is 0.351 e. The van der Waals surface area contributed by atoms with Crippen LogP contribution < -0.4 is 5.32 Å². The van der Waals surface area contributed by atoms with E-state index in [1.807, 2.05) is 4.90 Å². The molecule has 1 aromatic heterocycles. The second-order valence-corrected chi connectivity index (χ2v) is 7.37. The van der Waals surface area contributed by atoms with Gasteiger partial charge in [0.1, 0.15) is 6.33 Å². The maximum atomic E-state index is 12.5. The van der Waals surface area contributed by atoms with E-state index < -0.39 is 0 Å². The number of amides is 2. The first-order valence-electron chi connectivity index (χ1n) is 8.99. The van der Waals surface area contributed by atoms with Gasteiger partial charge in [0, 0.05) is 31.3 Å². The molecule has 2 atom stereocenters. The van der Waals surface area contributed by atoms with E-state index in [1.54, 1.807) is 4.68 Å². The molecule has 1 aromatic rings. The molecular formula is C16H24N6O2. The van der Waals surface area contributed by atoms with Crippen molar-refractivity contribution in [2.45, 2.75) is 51.1 Å². The Hall–Kier alpha value is -1.99. The fourth-order valence-electron chi connectivity index (χ4n) is 3.85. The standard InChI is InChI=1S/C16H24N6O2/c23-15(6-7-22-10-17-19-20-22)18-14-9-21(8-13(14)11-4-5-11)16(24)12-2-1-3-12/h10-14H,1-9H2,(H,18,23)/t13-,14+/m1/s1. The summed E-state index contributed by atoms with van der Waals surface area (Å²) in [5, 5.41) is 14.0. The molecule has 0 bridgehead atoms. The highest BCUT2D eigenvalue weighted by Gasteiger charge is 2.45. The normalized spacial score (nSPS) is 27.1. The predicted octanol–water partition coefficient (Wildman–Crippen LogP) is 0.217. The van der Waals surface area contributed by atoms with Crippen molar-refractivity contribution in [1.29, 1.82) is 0 Å². The summed E-state index contributed by atoms with van der Waals surface area (Å²) in [5.74, 6) is 1.65. The maximum absolute atomic E-state index is 12.5. The van der Waals surface area contributed by atoms with Gasteiger partial charge in [0.2, 0.25) is 11.8 Å². The molecule has 8 heteroatoms. The van der Waals surface area contributed by atoms with Crippen LogP contribution in [-0.4, -0.2) is 56.1 Å². The number of rotatable bonds is 6. The third-order valence-electron chi connectivity index (χ3n) is 5.66. The first-order valence-corrected chi connectivity index (χ1v) is 8.99. The van der Waals surface area contributed by atoms with E-state index >= 15 is 0 Å². The summed E-state index contributed by atoms with van der Waals surface area (Å²) in [6.07, 6.45) is 7.57. The highest BCUT2D eigenvalue weighted by Crippen LogP contribution is 2.42. The van der Waals surface area contributed by atoms with Crippen LogP contribution in [-0.2, 0) is 16.1 Å². The van der Waals surface area contributed by atoms with E-state index in [2.05, 4.69) is 20.8 Å². The Bertz CT molecular complexity index is 596. The van der Waals surface area contributed by atoms with Gasteiger partial charge >= 0.3 is 0 Å². The third kappa shape index (κ3) is 3.27. The number of likely N-dealkylation sites (tertiary alicyclic amines) is 1. The zero-order chi connectivity index (χ0) is 16.5. The molecule has 4 rings (SSSR count). The van der Waals surface area contributed by atoms with Crippen LogP contribution in [0.1, 0.15) is 38.5 Å². The Balaban J connectivity index is 1.32. The molecule has 2 saturated carbocycles. The van der Waals surface area contributed by atoms with Crippen molar-refractivity contribution >= 4 is 11.8 Å². The lowest BCUT2D eigenvalue weighted by atomic mass is 9.84. The second-order valence-electron chi connectivity index (χ2n) is 7.37. The van der Waals surface area contributed by atoms with E-state index in [0.29, 0.717) is 37.3 Å². The molecule has 8 nitrogen and oxygen atoms in total. The molecule has 24 heavy (non-hydrogen) atoms. The molecule has 3 aliphatic rings. The second kappa shape index (κ2) is 6.49. The van der Waals surface area contributed by atoms with Crippen LogP contribution >= 0.6 is 0 Å². The fourth-order valence-corrected chi connectivity index (χ4v) is 3.85. The lowest BCUT2D eigenvalue weighted by Gasteiger charge is -2.29. The van der Waals surface area contributed by atoms with Crippen molar-refractivity contribution in [2.24, 2.45) is 17.8 Å². The van der Waals surface area contributed by atoms with Crippen LogP contribution in [0.15, 0.2) is 6.33 Å². The van der Waals surface area contributed by atoms with Gasteiger partial charge in [0.25, 0.3) is 0 Å². The van der Waals surface area contributed by atoms with E-state index in [9.17, 15) is 9.59 Å². The van der Waals surface area contributed by atoms with Gasteiger partial charge in [-0.1, -0.05) is 6.42 Å². The van der Waals surface area contributed by atoms with Crippen LogP contribution in [0.4, 0.5) is 0 Å². The van der Waals surface area contributed by atoms with Gasteiger partial charge in [-0.15, -0.1) is 5.10 Å². The number of nitrogens with one attached hydrogen (secondary N) is 1. The summed E-state index contributed by atoms with van der Waals surface area (Å²) in [5.41, 5.74) is 0. The highest BCUT2D eigenvalue weighted by molar-refractivity contribution is 5.80. The van der Waals surface area contributed by atoms with Gasteiger partial charge in [-0.3, -0.25) is 9.59 Å². The van der Waals surface area contributed by atoms with Crippen LogP contribution in [0.5, 0.6) is 0 Å². The molecule has 2 amide bonds. The van der Waals surface area contributed by atoms with Gasteiger partial charge in [-0.25, -0.2) is 4.68 Å². The number of tetrazole rings is 1. The zero-order valence-electron chi connectivity index (χ0n) is 13.8. The Morgan fingerprint density at radius 1 is 1.17 bits per heavy atom. The number of aryl methyl sites for hydroxylation is 1. The molecule has 130 valence electrons. The number of carbonyl (C=O) groups excluding carboxylic acids is 2. The summed E-state index contributed by atoms with van der Waals surface area (Å²) in [7, 11) is 0. The smallest absolute Gasteiger partial charge is 0.225 e. The molecule has 0 unspecified atom stereocenters. The van der Waals surface area contributed by atoms with Crippen LogP contribution in [0.3, 0.4) is 0 Å². The first kappa shape index (κ1) is 15.5. The van der Waals surface area contributed by atoms with E-state index in [4.69, 9.17) is 0 Å². The number of nitrogens with zero attached hydrogens (tertiary/aromatic N) is 5. The summed E-state index contributed by atoms with van der Waals surface area (Å²) in [6, 6.07) is 0.0999. The monoisotopic (exact) mass is 332 g/mol. The lowest BCUT2D eigenvalue weighted by molar-refractivity contribution is -0.137. The Morgan fingerprint density at radius 2 is 2.00 bits per heavy atom. The average molecular weight is 332 g/mol. The Kier molecular flexibility index (Phi) is 4.20. The van der Waals surface area contributed by atoms with Gasteiger partial charge in [0.15, 0.2) is 0 Å². The molecule has 2 aliphatic carbocycles. The van der Waals surface area contributed by atoms with Gasteiger partial charge in [-0.2, -0.15) is 0 Å².